The van der Waals surface area contributed by atoms with Gasteiger partial charge in [-0.05, 0) is 27.4 Å². The molecule has 0 bridgehead atoms. The van der Waals surface area contributed by atoms with Crippen molar-refractivity contribution in [3.05, 3.63) is 27.0 Å². The molecule has 0 N–H and O–H groups in total. The number of rotatable bonds is 2. The maximum absolute atomic E-state index is 8.58. The van der Waals surface area contributed by atoms with Crippen molar-refractivity contribution in [2.75, 3.05) is 0 Å². The van der Waals surface area contributed by atoms with Gasteiger partial charge >= 0.3 is 0 Å². The highest BCUT2D eigenvalue weighted by molar-refractivity contribution is 9.11. The lowest BCUT2D eigenvalue weighted by molar-refractivity contribution is 1.15. The number of thiazole rings is 1. The Hall–Kier alpha value is -0.700. The molecule has 0 unspecified atom stereocenters. The number of nitriles is 1. The number of hydrogen-bond donors (Lipinski definition) is 0. The topological polar surface area (TPSA) is 36.7 Å². The van der Waals surface area contributed by atoms with Gasteiger partial charge in [0.2, 0.25) is 0 Å². The third kappa shape index (κ3) is 1.87. The summed E-state index contributed by atoms with van der Waals surface area (Å²) >= 11 is 6.65. The van der Waals surface area contributed by atoms with Crippen molar-refractivity contribution >= 4 is 38.6 Å². The van der Waals surface area contributed by atoms with Gasteiger partial charge in [-0.2, -0.15) is 5.26 Å². The van der Waals surface area contributed by atoms with E-state index in [9.17, 15) is 0 Å². The molecule has 0 radical (unpaired) electrons. The van der Waals surface area contributed by atoms with Crippen LogP contribution in [0.3, 0.4) is 0 Å². The summed E-state index contributed by atoms with van der Waals surface area (Å²) in [4.78, 5) is 5.55. The van der Waals surface area contributed by atoms with Crippen molar-refractivity contribution in [1.82, 2.24) is 4.98 Å². The first-order valence-corrected chi connectivity index (χ1v) is 6.36. The van der Waals surface area contributed by atoms with Gasteiger partial charge in [0.05, 0.1) is 26.8 Å². The number of thiophene rings is 1. The van der Waals surface area contributed by atoms with E-state index in [1.165, 1.54) is 0 Å². The quantitative estimate of drug-likeness (QED) is 0.843. The predicted octanol–water partition coefficient (Wildman–Crippen LogP) is 3.70. The fraction of sp³-hybridized carbons (Fsp3) is 0.111. The monoisotopic (exact) mass is 284 g/mol. The summed E-state index contributed by atoms with van der Waals surface area (Å²) in [5, 5.41) is 11.6. The Balaban J connectivity index is 2.39. The largest absolute Gasteiger partial charge is 0.238 e. The number of hydrogen-bond acceptors (Lipinski definition) is 4. The molecule has 2 nitrogen and oxygen atoms in total. The highest BCUT2D eigenvalue weighted by atomic mass is 79.9. The van der Waals surface area contributed by atoms with Crippen LogP contribution in [0.15, 0.2) is 21.3 Å². The minimum absolute atomic E-state index is 0.364. The molecular weight excluding hydrogens is 280 g/mol. The van der Waals surface area contributed by atoms with Crippen LogP contribution in [-0.4, -0.2) is 4.98 Å². The number of halogens is 1. The van der Waals surface area contributed by atoms with Crippen molar-refractivity contribution in [2.45, 2.75) is 6.42 Å². The van der Waals surface area contributed by atoms with Gasteiger partial charge in [0.25, 0.3) is 0 Å². The fourth-order valence-corrected chi connectivity index (χ4v) is 3.32. The smallest absolute Gasteiger partial charge is 0.134 e. The predicted molar refractivity (Wildman–Crippen MR) is 62.4 cm³/mol. The van der Waals surface area contributed by atoms with Crippen molar-refractivity contribution in [2.24, 2.45) is 0 Å². The second kappa shape index (κ2) is 4.22. The van der Waals surface area contributed by atoms with Crippen molar-refractivity contribution < 1.29 is 0 Å². The van der Waals surface area contributed by atoms with Crippen LogP contribution >= 0.6 is 38.6 Å². The molecule has 2 aromatic rings. The summed E-state index contributed by atoms with van der Waals surface area (Å²) < 4.78 is 0.961. The van der Waals surface area contributed by atoms with E-state index in [2.05, 4.69) is 27.0 Å². The first kappa shape index (κ1) is 9.84. The lowest BCUT2D eigenvalue weighted by atomic mass is 10.4. The minimum Gasteiger partial charge on any atom is -0.238 e. The number of nitrogens with zero attached hydrogens (tertiary/aromatic N) is 2. The van der Waals surface area contributed by atoms with Gasteiger partial charge in [0.1, 0.15) is 5.01 Å². The second-order valence-electron chi connectivity index (χ2n) is 2.55. The van der Waals surface area contributed by atoms with E-state index >= 15 is 0 Å². The zero-order valence-electron chi connectivity index (χ0n) is 7.03. The summed E-state index contributed by atoms with van der Waals surface area (Å²) in [7, 11) is 0. The Labute approximate surface area is 98.0 Å². The van der Waals surface area contributed by atoms with Gasteiger partial charge in [-0.1, -0.05) is 6.07 Å². The molecule has 0 aliphatic carbocycles. The molecule has 0 fully saturated rings. The Morgan fingerprint density at radius 1 is 1.57 bits per heavy atom. The standard InChI is InChI=1S/C9H5BrN2S2/c10-8-6(3-4-11)12-9(14-8)7-2-1-5-13-7/h1-2,5H,3H2. The maximum Gasteiger partial charge on any atom is 0.134 e. The normalized spacial score (nSPS) is 10.0. The lowest BCUT2D eigenvalue weighted by Crippen LogP contribution is -1.81. The third-order valence-electron chi connectivity index (χ3n) is 1.63. The average molecular weight is 285 g/mol. The average Bonchev–Trinajstić information content (AvgIpc) is 2.76. The van der Waals surface area contributed by atoms with E-state index < -0.39 is 0 Å². The molecule has 0 aliphatic rings. The van der Waals surface area contributed by atoms with Crippen molar-refractivity contribution in [3.63, 3.8) is 0 Å². The summed E-state index contributed by atoms with van der Waals surface area (Å²) in [6.07, 6.45) is 0.364. The molecule has 14 heavy (non-hydrogen) atoms. The molecule has 0 amide bonds. The van der Waals surface area contributed by atoms with Gasteiger partial charge < -0.3 is 0 Å². The molecule has 5 heteroatoms. The Kier molecular flexibility index (Phi) is 2.96. The second-order valence-corrected chi connectivity index (χ2v) is 5.82. The molecule has 0 saturated heterocycles. The van der Waals surface area contributed by atoms with Crippen LogP contribution in [0.5, 0.6) is 0 Å². The van der Waals surface area contributed by atoms with Crippen molar-refractivity contribution in [1.29, 1.82) is 5.26 Å². The zero-order valence-corrected chi connectivity index (χ0v) is 10.2. The third-order valence-corrected chi connectivity index (χ3v) is 4.50. The van der Waals surface area contributed by atoms with Crippen LogP contribution in [0.4, 0.5) is 0 Å². The van der Waals surface area contributed by atoms with Gasteiger partial charge in [-0.15, -0.1) is 22.7 Å². The SMILES string of the molecule is N#CCc1nc(-c2cccs2)sc1Br. The van der Waals surface area contributed by atoms with E-state index in [0.717, 1.165) is 19.4 Å². The fourth-order valence-electron chi connectivity index (χ4n) is 1.02. The molecule has 2 rings (SSSR count). The van der Waals surface area contributed by atoms with Crippen LogP contribution in [0.2, 0.25) is 0 Å². The minimum atomic E-state index is 0.364. The molecule has 0 spiro atoms. The molecule has 0 saturated carbocycles. The summed E-state index contributed by atoms with van der Waals surface area (Å²) in [5.74, 6) is 0. The van der Waals surface area contributed by atoms with E-state index in [1.54, 1.807) is 22.7 Å². The van der Waals surface area contributed by atoms with E-state index in [4.69, 9.17) is 5.26 Å². The van der Waals surface area contributed by atoms with Crippen LogP contribution < -0.4 is 0 Å². The summed E-state index contributed by atoms with van der Waals surface area (Å²) in [6, 6.07) is 6.13. The highest BCUT2D eigenvalue weighted by Crippen LogP contribution is 2.34. The molecule has 0 aromatic carbocycles. The molecule has 0 aliphatic heterocycles. The van der Waals surface area contributed by atoms with Crippen LogP contribution in [0, 0.1) is 11.3 Å². The molecule has 0 atom stereocenters. The number of aromatic nitrogens is 1. The first-order valence-electron chi connectivity index (χ1n) is 3.87. The molecule has 70 valence electrons. The van der Waals surface area contributed by atoms with Gasteiger partial charge in [-0.25, -0.2) is 4.98 Å². The first-order chi connectivity index (χ1) is 6.81. The molecule has 2 heterocycles. The van der Waals surface area contributed by atoms with Crippen LogP contribution in [0.25, 0.3) is 9.88 Å². The van der Waals surface area contributed by atoms with E-state index in [0.29, 0.717) is 6.42 Å². The summed E-state index contributed by atoms with van der Waals surface area (Å²) in [6.45, 7) is 0. The van der Waals surface area contributed by atoms with Crippen LogP contribution in [-0.2, 0) is 6.42 Å². The van der Waals surface area contributed by atoms with Crippen LogP contribution in [0.1, 0.15) is 5.69 Å². The Morgan fingerprint density at radius 3 is 3.07 bits per heavy atom. The van der Waals surface area contributed by atoms with Gasteiger partial charge in [0.15, 0.2) is 0 Å². The van der Waals surface area contributed by atoms with Crippen molar-refractivity contribution in [3.8, 4) is 16.0 Å². The Bertz CT molecular complexity index is 467. The Morgan fingerprint density at radius 2 is 2.43 bits per heavy atom. The van der Waals surface area contributed by atoms with Gasteiger partial charge in [0, 0.05) is 0 Å². The highest BCUT2D eigenvalue weighted by Gasteiger charge is 2.10. The molecular formula is C9H5BrN2S2. The van der Waals surface area contributed by atoms with Gasteiger partial charge in [-0.3, -0.25) is 0 Å². The van der Waals surface area contributed by atoms with E-state index in [1.807, 2.05) is 17.5 Å². The lowest BCUT2D eigenvalue weighted by Gasteiger charge is -1.85. The van der Waals surface area contributed by atoms with E-state index in [-0.39, 0.29) is 0 Å². The molecule has 2 aromatic heterocycles. The maximum atomic E-state index is 8.58. The zero-order chi connectivity index (χ0) is 9.97. The summed E-state index contributed by atoms with van der Waals surface area (Å²) in [5.41, 5.74) is 0.834.